The first-order chi connectivity index (χ1) is 12.4. The first kappa shape index (κ1) is 20.8. The average Bonchev–Trinajstić information content (AvgIpc) is 2.65. The molecule has 1 heterocycles. The number of hydrogen-bond acceptors (Lipinski definition) is 2. The van der Waals surface area contributed by atoms with Crippen LogP contribution in [0.1, 0.15) is 38.2 Å². The molecule has 0 atom stereocenters. The molecule has 0 N–H and O–H groups in total. The summed E-state index contributed by atoms with van der Waals surface area (Å²) in [5, 5.41) is 1.03. The Morgan fingerprint density at radius 2 is 1.85 bits per heavy atom. The summed E-state index contributed by atoms with van der Waals surface area (Å²) in [4.78, 5) is 28.4. The lowest BCUT2D eigenvalue weighted by Crippen LogP contribution is -2.43. The maximum Gasteiger partial charge on any atom is 0.246 e. The average molecular weight is 397 g/mol. The number of piperidine rings is 1. The largest absolute Gasteiger partial charge is 0.346 e. The molecule has 1 aromatic rings. The molecule has 0 saturated carbocycles. The highest BCUT2D eigenvalue weighted by Crippen LogP contribution is 2.26. The Hall–Kier alpha value is -1.52. The first-order valence-corrected chi connectivity index (χ1v) is 9.85. The third-order valence-corrected chi connectivity index (χ3v) is 5.43. The van der Waals surface area contributed by atoms with Gasteiger partial charge in [-0.2, -0.15) is 0 Å². The Labute approximate surface area is 165 Å². The highest BCUT2D eigenvalue weighted by molar-refractivity contribution is 6.37. The van der Waals surface area contributed by atoms with Gasteiger partial charge in [-0.3, -0.25) is 9.59 Å². The lowest BCUT2D eigenvalue weighted by atomic mass is 9.95. The van der Waals surface area contributed by atoms with Crippen LogP contribution in [-0.4, -0.2) is 48.3 Å². The first-order valence-electron chi connectivity index (χ1n) is 9.10. The quantitative estimate of drug-likeness (QED) is 0.663. The van der Waals surface area contributed by atoms with Gasteiger partial charge in [-0.25, -0.2) is 0 Å². The number of amides is 2. The van der Waals surface area contributed by atoms with Crippen LogP contribution in [0.5, 0.6) is 0 Å². The number of nitrogens with zero attached hydrogens (tertiary/aromatic N) is 2. The monoisotopic (exact) mass is 396 g/mol. The molecule has 1 aliphatic heterocycles. The van der Waals surface area contributed by atoms with Crippen LogP contribution in [0.2, 0.25) is 10.0 Å². The molecule has 26 heavy (non-hydrogen) atoms. The minimum atomic E-state index is -0.0776. The SMILES string of the molecule is CCCCN(C)C(=O)C1CCN(C(=O)/C=C\c2c(Cl)cccc2Cl)CC1. The molecule has 0 bridgehead atoms. The van der Waals surface area contributed by atoms with Crippen molar-refractivity contribution in [2.45, 2.75) is 32.6 Å². The number of carbonyl (C=O) groups is 2. The second kappa shape index (κ2) is 9.98. The van der Waals surface area contributed by atoms with Gasteiger partial charge in [-0.05, 0) is 37.5 Å². The number of halogens is 2. The van der Waals surface area contributed by atoms with Crippen LogP contribution in [0, 0.1) is 5.92 Å². The maximum atomic E-state index is 12.4. The molecule has 2 rings (SSSR count). The van der Waals surface area contributed by atoms with Crippen LogP contribution < -0.4 is 0 Å². The van der Waals surface area contributed by atoms with Crippen molar-refractivity contribution in [1.29, 1.82) is 0 Å². The zero-order valence-electron chi connectivity index (χ0n) is 15.4. The molecular formula is C20H26Cl2N2O2. The molecule has 1 aromatic carbocycles. The third-order valence-electron chi connectivity index (χ3n) is 4.77. The molecule has 1 saturated heterocycles. The van der Waals surface area contributed by atoms with Crippen LogP contribution in [0.25, 0.3) is 6.08 Å². The van der Waals surface area contributed by atoms with Gasteiger partial charge in [0.2, 0.25) is 11.8 Å². The van der Waals surface area contributed by atoms with E-state index in [4.69, 9.17) is 23.2 Å². The zero-order valence-corrected chi connectivity index (χ0v) is 16.9. The van der Waals surface area contributed by atoms with E-state index in [0.29, 0.717) is 41.5 Å². The highest BCUT2D eigenvalue weighted by atomic mass is 35.5. The standard InChI is InChI=1S/C20H26Cl2N2O2/c1-3-4-12-23(2)20(26)15-10-13-24(14-11-15)19(25)9-8-16-17(21)6-5-7-18(16)22/h5-9,15H,3-4,10-14H2,1-2H3/b9-8-. The van der Waals surface area contributed by atoms with Crippen LogP contribution in [0.3, 0.4) is 0 Å². The fraction of sp³-hybridized carbons (Fsp3) is 0.500. The van der Waals surface area contributed by atoms with Gasteiger partial charge < -0.3 is 9.80 Å². The molecule has 142 valence electrons. The summed E-state index contributed by atoms with van der Waals surface area (Å²) in [5.74, 6) is 0.137. The van der Waals surface area contributed by atoms with E-state index in [1.54, 1.807) is 29.2 Å². The number of rotatable bonds is 6. The third kappa shape index (κ3) is 5.49. The Morgan fingerprint density at radius 1 is 1.23 bits per heavy atom. The van der Waals surface area contributed by atoms with Crippen LogP contribution in [0.15, 0.2) is 24.3 Å². The van der Waals surface area contributed by atoms with Crippen molar-refractivity contribution in [3.8, 4) is 0 Å². The van der Waals surface area contributed by atoms with E-state index in [1.807, 2.05) is 11.9 Å². The van der Waals surface area contributed by atoms with Gasteiger partial charge in [0.05, 0.1) is 0 Å². The normalized spacial score (nSPS) is 15.5. The van der Waals surface area contributed by atoms with Gasteiger partial charge in [0.15, 0.2) is 0 Å². The van der Waals surface area contributed by atoms with Crippen LogP contribution in [-0.2, 0) is 9.59 Å². The van der Waals surface area contributed by atoms with E-state index in [-0.39, 0.29) is 17.7 Å². The van der Waals surface area contributed by atoms with Crippen LogP contribution in [0.4, 0.5) is 0 Å². The number of likely N-dealkylation sites (tertiary alicyclic amines) is 1. The maximum absolute atomic E-state index is 12.4. The lowest BCUT2D eigenvalue weighted by Gasteiger charge is -2.32. The summed E-state index contributed by atoms with van der Waals surface area (Å²) >= 11 is 12.2. The fourth-order valence-electron chi connectivity index (χ4n) is 3.09. The zero-order chi connectivity index (χ0) is 19.1. The van der Waals surface area contributed by atoms with Gasteiger partial charge >= 0.3 is 0 Å². The van der Waals surface area contributed by atoms with E-state index in [2.05, 4.69) is 6.92 Å². The minimum absolute atomic E-state index is 0.0166. The molecule has 0 radical (unpaired) electrons. The molecule has 1 aliphatic rings. The molecule has 0 aromatic heterocycles. The second-order valence-electron chi connectivity index (χ2n) is 6.68. The van der Waals surface area contributed by atoms with Crippen molar-refractivity contribution in [3.05, 3.63) is 39.9 Å². The van der Waals surface area contributed by atoms with E-state index < -0.39 is 0 Å². The molecular weight excluding hydrogens is 371 g/mol. The predicted octanol–water partition coefficient (Wildman–Crippen LogP) is 4.50. The second-order valence-corrected chi connectivity index (χ2v) is 7.50. The highest BCUT2D eigenvalue weighted by Gasteiger charge is 2.28. The van der Waals surface area contributed by atoms with Crippen molar-refractivity contribution in [2.75, 3.05) is 26.7 Å². The molecule has 6 heteroatoms. The van der Waals surface area contributed by atoms with E-state index >= 15 is 0 Å². The minimum Gasteiger partial charge on any atom is -0.346 e. The van der Waals surface area contributed by atoms with E-state index in [0.717, 1.165) is 19.4 Å². The summed E-state index contributed by atoms with van der Waals surface area (Å²) in [5.41, 5.74) is 0.645. The number of hydrogen-bond donors (Lipinski definition) is 0. The van der Waals surface area contributed by atoms with Crippen molar-refractivity contribution in [3.63, 3.8) is 0 Å². The van der Waals surface area contributed by atoms with E-state index in [9.17, 15) is 9.59 Å². The molecule has 0 unspecified atom stereocenters. The van der Waals surface area contributed by atoms with E-state index in [1.165, 1.54) is 6.08 Å². The van der Waals surface area contributed by atoms with Gasteiger partial charge in [-0.1, -0.05) is 42.6 Å². The molecule has 0 aliphatic carbocycles. The van der Waals surface area contributed by atoms with Crippen molar-refractivity contribution in [1.82, 2.24) is 9.80 Å². The predicted molar refractivity (Wildman–Crippen MR) is 107 cm³/mol. The summed E-state index contributed by atoms with van der Waals surface area (Å²) < 4.78 is 0. The number of carbonyl (C=O) groups excluding carboxylic acids is 2. The summed E-state index contributed by atoms with van der Waals surface area (Å²) in [7, 11) is 1.87. The van der Waals surface area contributed by atoms with Crippen molar-refractivity contribution >= 4 is 41.1 Å². The van der Waals surface area contributed by atoms with Gasteiger partial charge in [-0.15, -0.1) is 0 Å². The molecule has 4 nitrogen and oxygen atoms in total. The number of benzene rings is 1. The molecule has 2 amide bonds. The Kier molecular flexibility index (Phi) is 7.98. The molecule has 0 spiro atoms. The van der Waals surface area contributed by atoms with Crippen LogP contribution >= 0.6 is 23.2 Å². The topological polar surface area (TPSA) is 40.6 Å². The lowest BCUT2D eigenvalue weighted by molar-refractivity contribution is -0.138. The Morgan fingerprint density at radius 3 is 2.42 bits per heavy atom. The van der Waals surface area contributed by atoms with Gasteiger partial charge in [0, 0.05) is 54.3 Å². The smallest absolute Gasteiger partial charge is 0.246 e. The van der Waals surface area contributed by atoms with Gasteiger partial charge in [0.1, 0.15) is 0 Å². The van der Waals surface area contributed by atoms with Crippen molar-refractivity contribution < 1.29 is 9.59 Å². The van der Waals surface area contributed by atoms with Gasteiger partial charge in [0.25, 0.3) is 0 Å². The molecule has 1 fully saturated rings. The Balaban J connectivity index is 1.88. The summed E-state index contributed by atoms with van der Waals surface area (Å²) in [6.07, 6.45) is 6.68. The Bertz CT molecular complexity index is 648. The summed E-state index contributed by atoms with van der Waals surface area (Å²) in [6, 6.07) is 5.25. The van der Waals surface area contributed by atoms with Crippen molar-refractivity contribution in [2.24, 2.45) is 5.92 Å². The fourth-order valence-corrected chi connectivity index (χ4v) is 3.62. The summed E-state index contributed by atoms with van der Waals surface area (Å²) in [6.45, 7) is 4.11. The number of unbranched alkanes of at least 4 members (excludes halogenated alkanes) is 1.